The second-order valence-electron chi connectivity index (χ2n) is 7.72. The van der Waals surface area contributed by atoms with Crippen LogP contribution >= 0.6 is 0 Å². The standard InChI is InChI=1S/C24H29N3O5/c1-25-23(30)22(21(29)16-28)26(2)24(31)20-9-7-19(8-10-20)18-5-3-17(4-6-18)15-27-11-13-32-14-12-27/h3-10,22,28H,11-16H2,1-2H3,(H,25,30). The zero-order valence-corrected chi connectivity index (χ0v) is 18.4. The van der Waals surface area contributed by atoms with Crippen molar-refractivity contribution < 1.29 is 24.2 Å². The number of ether oxygens (including phenoxy) is 1. The van der Waals surface area contributed by atoms with Crippen molar-refractivity contribution in [2.45, 2.75) is 12.6 Å². The summed E-state index contributed by atoms with van der Waals surface area (Å²) in [6.07, 6.45) is 0. The van der Waals surface area contributed by atoms with Crippen molar-refractivity contribution in [2.24, 2.45) is 0 Å². The molecule has 1 saturated heterocycles. The molecule has 2 N–H and O–H groups in total. The zero-order valence-electron chi connectivity index (χ0n) is 18.4. The molecule has 0 aliphatic carbocycles. The van der Waals surface area contributed by atoms with Crippen molar-refractivity contribution in [1.82, 2.24) is 15.1 Å². The van der Waals surface area contributed by atoms with E-state index in [9.17, 15) is 14.4 Å². The Balaban J connectivity index is 1.69. The van der Waals surface area contributed by atoms with Gasteiger partial charge in [0.15, 0.2) is 11.8 Å². The van der Waals surface area contributed by atoms with E-state index < -0.39 is 30.2 Å². The number of carbonyl (C=O) groups excluding carboxylic acids is 3. The quantitative estimate of drug-likeness (QED) is 0.594. The monoisotopic (exact) mass is 439 g/mol. The van der Waals surface area contributed by atoms with E-state index in [0.717, 1.165) is 48.9 Å². The van der Waals surface area contributed by atoms with Gasteiger partial charge in [0.05, 0.1) is 13.2 Å². The van der Waals surface area contributed by atoms with Gasteiger partial charge in [0.2, 0.25) is 5.91 Å². The third-order valence-corrected chi connectivity index (χ3v) is 5.59. The minimum Gasteiger partial charge on any atom is -0.388 e. The highest BCUT2D eigenvalue weighted by atomic mass is 16.5. The number of hydrogen-bond donors (Lipinski definition) is 2. The first-order valence-electron chi connectivity index (χ1n) is 10.6. The van der Waals surface area contributed by atoms with Crippen LogP contribution in [-0.4, -0.2) is 85.6 Å². The van der Waals surface area contributed by atoms with Gasteiger partial charge in [0.25, 0.3) is 5.91 Å². The summed E-state index contributed by atoms with van der Waals surface area (Å²) in [6.45, 7) is 3.50. The van der Waals surface area contributed by atoms with Gasteiger partial charge in [-0.1, -0.05) is 36.4 Å². The molecule has 1 fully saturated rings. The van der Waals surface area contributed by atoms with Crippen molar-refractivity contribution in [3.05, 3.63) is 59.7 Å². The number of likely N-dealkylation sites (N-methyl/N-ethyl adjacent to an activating group) is 2. The SMILES string of the molecule is CNC(=O)C(C(=O)CO)N(C)C(=O)c1ccc(-c2ccc(CN3CCOCC3)cc2)cc1. The van der Waals surface area contributed by atoms with Crippen LogP contribution in [0.1, 0.15) is 15.9 Å². The number of benzene rings is 2. The van der Waals surface area contributed by atoms with Crippen LogP contribution in [0.5, 0.6) is 0 Å². The second kappa shape index (κ2) is 11.0. The van der Waals surface area contributed by atoms with Gasteiger partial charge in [-0.05, 0) is 28.8 Å². The number of hydrogen-bond acceptors (Lipinski definition) is 6. The van der Waals surface area contributed by atoms with E-state index in [1.807, 2.05) is 12.1 Å². The molecule has 8 nitrogen and oxygen atoms in total. The van der Waals surface area contributed by atoms with E-state index in [4.69, 9.17) is 9.84 Å². The highest BCUT2D eigenvalue weighted by molar-refractivity contribution is 6.10. The molecule has 0 spiro atoms. The minimum absolute atomic E-state index is 0.347. The van der Waals surface area contributed by atoms with Crippen molar-refractivity contribution in [1.29, 1.82) is 0 Å². The smallest absolute Gasteiger partial charge is 0.254 e. The summed E-state index contributed by atoms with van der Waals surface area (Å²) in [5.41, 5.74) is 3.57. The van der Waals surface area contributed by atoms with Crippen LogP contribution in [0, 0.1) is 0 Å². The maximum atomic E-state index is 12.8. The van der Waals surface area contributed by atoms with Crippen LogP contribution in [0.15, 0.2) is 48.5 Å². The fraction of sp³-hybridized carbons (Fsp3) is 0.375. The van der Waals surface area contributed by atoms with Gasteiger partial charge < -0.3 is 20.1 Å². The summed E-state index contributed by atoms with van der Waals surface area (Å²) >= 11 is 0. The summed E-state index contributed by atoms with van der Waals surface area (Å²) < 4.78 is 5.39. The third kappa shape index (κ3) is 5.59. The van der Waals surface area contributed by atoms with Gasteiger partial charge in [-0.15, -0.1) is 0 Å². The first kappa shape index (κ1) is 23.6. The number of aliphatic hydroxyl groups excluding tert-OH is 1. The summed E-state index contributed by atoms with van der Waals surface area (Å²) in [6, 6.07) is 13.9. The average molecular weight is 440 g/mol. The van der Waals surface area contributed by atoms with E-state index in [1.165, 1.54) is 19.7 Å². The molecule has 1 heterocycles. The molecule has 3 rings (SSSR count). The van der Waals surface area contributed by atoms with Gasteiger partial charge in [0, 0.05) is 39.3 Å². The fourth-order valence-corrected chi connectivity index (χ4v) is 3.71. The predicted octanol–water partition coefficient (Wildman–Crippen LogP) is 0.934. The third-order valence-electron chi connectivity index (χ3n) is 5.59. The van der Waals surface area contributed by atoms with Crippen molar-refractivity contribution >= 4 is 17.6 Å². The number of aliphatic hydroxyl groups is 1. The number of morpholine rings is 1. The lowest BCUT2D eigenvalue weighted by Gasteiger charge is -2.26. The Kier molecular flexibility index (Phi) is 8.10. The highest BCUT2D eigenvalue weighted by Gasteiger charge is 2.32. The number of nitrogens with zero attached hydrogens (tertiary/aromatic N) is 2. The summed E-state index contributed by atoms with van der Waals surface area (Å²) in [5, 5.41) is 11.5. The van der Waals surface area contributed by atoms with Crippen LogP contribution in [-0.2, 0) is 20.9 Å². The van der Waals surface area contributed by atoms with Crippen molar-refractivity contribution in [3.8, 4) is 11.1 Å². The minimum atomic E-state index is -1.38. The van der Waals surface area contributed by atoms with Gasteiger partial charge in [-0.3, -0.25) is 19.3 Å². The van der Waals surface area contributed by atoms with E-state index in [0.29, 0.717) is 5.56 Å². The number of rotatable bonds is 8. The van der Waals surface area contributed by atoms with Gasteiger partial charge in [-0.25, -0.2) is 0 Å². The van der Waals surface area contributed by atoms with Gasteiger partial charge >= 0.3 is 0 Å². The van der Waals surface area contributed by atoms with Crippen LogP contribution in [0.25, 0.3) is 11.1 Å². The Morgan fingerprint density at radius 2 is 1.59 bits per heavy atom. The molecule has 32 heavy (non-hydrogen) atoms. The molecule has 1 aliphatic heterocycles. The van der Waals surface area contributed by atoms with Crippen molar-refractivity contribution in [3.63, 3.8) is 0 Å². The molecule has 0 saturated carbocycles. The van der Waals surface area contributed by atoms with E-state index in [1.54, 1.807) is 12.1 Å². The first-order valence-corrected chi connectivity index (χ1v) is 10.6. The van der Waals surface area contributed by atoms with Crippen LogP contribution in [0.2, 0.25) is 0 Å². The molecule has 1 atom stereocenters. The number of carbonyl (C=O) groups is 3. The number of nitrogens with one attached hydrogen (secondary N) is 1. The molecule has 2 aromatic carbocycles. The molecule has 170 valence electrons. The molecule has 1 unspecified atom stereocenters. The summed E-state index contributed by atoms with van der Waals surface area (Å²) in [4.78, 5) is 40.2. The maximum absolute atomic E-state index is 12.8. The number of ketones is 1. The molecular formula is C24H29N3O5. The fourth-order valence-electron chi connectivity index (χ4n) is 3.71. The van der Waals surface area contributed by atoms with Gasteiger partial charge in [0.1, 0.15) is 6.61 Å². The Morgan fingerprint density at radius 1 is 1.03 bits per heavy atom. The van der Waals surface area contributed by atoms with Gasteiger partial charge in [-0.2, -0.15) is 0 Å². The lowest BCUT2D eigenvalue weighted by molar-refractivity contribution is -0.135. The molecule has 0 radical (unpaired) electrons. The van der Waals surface area contributed by atoms with Crippen LogP contribution in [0.4, 0.5) is 0 Å². The van der Waals surface area contributed by atoms with Crippen LogP contribution < -0.4 is 5.32 Å². The Bertz CT molecular complexity index is 921. The summed E-state index contributed by atoms with van der Waals surface area (Å²) in [5.74, 6) is -1.87. The topological polar surface area (TPSA) is 99.2 Å². The Hall–Kier alpha value is -3.07. The highest BCUT2D eigenvalue weighted by Crippen LogP contribution is 2.22. The van der Waals surface area contributed by atoms with Crippen LogP contribution in [0.3, 0.4) is 0 Å². The first-order chi connectivity index (χ1) is 15.4. The Labute approximate surface area is 187 Å². The zero-order chi connectivity index (χ0) is 23.1. The van der Waals surface area contributed by atoms with E-state index >= 15 is 0 Å². The Morgan fingerprint density at radius 3 is 2.12 bits per heavy atom. The van der Waals surface area contributed by atoms with E-state index in [-0.39, 0.29) is 0 Å². The number of amides is 2. The molecule has 1 aliphatic rings. The lowest BCUT2D eigenvalue weighted by atomic mass is 10.0. The molecular weight excluding hydrogens is 410 g/mol. The molecule has 0 bridgehead atoms. The normalized spacial score (nSPS) is 15.1. The molecule has 2 aromatic rings. The molecule has 0 aromatic heterocycles. The maximum Gasteiger partial charge on any atom is 0.254 e. The lowest BCUT2D eigenvalue weighted by Crippen LogP contribution is -2.52. The second-order valence-corrected chi connectivity index (χ2v) is 7.72. The average Bonchev–Trinajstić information content (AvgIpc) is 2.84. The predicted molar refractivity (Wildman–Crippen MR) is 120 cm³/mol. The largest absolute Gasteiger partial charge is 0.388 e. The van der Waals surface area contributed by atoms with E-state index in [2.05, 4.69) is 34.5 Å². The summed E-state index contributed by atoms with van der Waals surface area (Å²) in [7, 11) is 2.75. The van der Waals surface area contributed by atoms with Crippen molar-refractivity contribution in [2.75, 3.05) is 47.0 Å². The molecule has 2 amide bonds. The number of Topliss-reactive ketones (excluding diaryl/α,β-unsaturated/α-hetero) is 1. The molecule has 8 heteroatoms.